The number of amides is 1. The van der Waals surface area contributed by atoms with E-state index < -0.39 is 12.0 Å². The monoisotopic (exact) mass is 534 g/mol. The van der Waals surface area contributed by atoms with Gasteiger partial charge in [0.15, 0.2) is 22.7 Å². The summed E-state index contributed by atoms with van der Waals surface area (Å²) in [6.07, 6.45) is 0. The zero-order valence-corrected chi connectivity index (χ0v) is 21.3. The number of carbonyl (C=O) groups excluding carboxylic acids is 2. The molecule has 2 aliphatic heterocycles. The van der Waals surface area contributed by atoms with Crippen molar-refractivity contribution in [2.75, 3.05) is 13.9 Å². The molecule has 0 aliphatic carbocycles. The Morgan fingerprint density at radius 3 is 2.58 bits per heavy atom. The lowest BCUT2D eigenvalue weighted by atomic mass is 10.0. The van der Waals surface area contributed by atoms with Crippen LogP contribution < -0.4 is 14.9 Å². The molecule has 0 saturated heterocycles. The number of hydrogen-bond acceptors (Lipinski definition) is 7. The van der Waals surface area contributed by atoms with E-state index in [1.165, 1.54) is 7.11 Å². The highest BCUT2D eigenvalue weighted by Gasteiger charge is 2.39. The number of rotatable bonds is 4. The summed E-state index contributed by atoms with van der Waals surface area (Å²) in [5.41, 5.74) is 3.64. The highest BCUT2D eigenvalue weighted by Crippen LogP contribution is 2.42. The maximum atomic E-state index is 14.0. The fourth-order valence-corrected chi connectivity index (χ4v) is 5.36. The van der Waals surface area contributed by atoms with E-state index in [-0.39, 0.29) is 30.4 Å². The van der Waals surface area contributed by atoms with E-state index in [0.29, 0.717) is 50.5 Å². The number of furan rings is 1. The van der Waals surface area contributed by atoms with E-state index in [0.717, 1.165) is 5.56 Å². The first-order chi connectivity index (χ1) is 19.5. The summed E-state index contributed by atoms with van der Waals surface area (Å²) in [4.78, 5) is 44.3. The van der Waals surface area contributed by atoms with Crippen LogP contribution in [0.25, 0.3) is 22.2 Å². The van der Waals surface area contributed by atoms with Crippen LogP contribution in [0.3, 0.4) is 0 Å². The van der Waals surface area contributed by atoms with Crippen LogP contribution >= 0.6 is 0 Å². The third kappa shape index (κ3) is 3.74. The van der Waals surface area contributed by atoms with Crippen LogP contribution in [-0.4, -0.2) is 35.7 Å². The number of pyridine rings is 1. The first-order valence-electron chi connectivity index (χ1n) is 12.6. The quantitative estimate of drug-likeness (QED) is 0.321. The number of carbonyl (C=O) groups is 2. The van der Waals surface area contributed by atoms with Crippen molar-refractivity contribution in [3.05, 3.63) is 117 Å². The van der Waals surface area contributed by atoms with Crippen molar-refractivity contribution in [2.24, 2.45) is 0 Å². The van der Waals surface area contributed by atoms with Gasteiger partial charge in [-0.3, -0.25) is 9.59 Å². The predicted octanol–water partition coefficient (Wildman–Crippen LogP) is 5.05. The molecule has 1 atom stereocenters. The minimum atomic E-state index is -0.581. The summed E-state index contributed by atoms with van der Waals surface area (Å²) in [5, 5.41) is 0.565. The molecule has 2 aromatic heterocycles. The number of esters is 1. The molecule has 4 heterocycles. The third-order valence-electron chi connectivity index (χ3n) is 7.33. The van der Waals surface area contributed by atoms with Gasteiger partial charge >= 0.3 is 5.97 Å². The molecular weight excluding hydrogens is 512 g/mol. The van der Waals surface area contributed by atoms with Gasteiger partial charge in [-0.1, -0.05) is 30.3 Å². The van der Waals surface area contributed by atoms with Crippen molar-refractivity contribution in [3.63, 3.8) is 0 Å². The van der Waals surface area contributed by atoms with Crippen LogP contribution in [0.4, 0.5) is 0 Å². The van der Waals surface area contributed by atoms with Gasteiger partial charge in [0.05, 0.1) is 31.0 Å². The Labute approximate surface area is 227 Å². The summed E-state index contributed by atoms with van der Waals surface area (Å²) >= 11 is 0. The maximum absolute atomic E-state index is 14.0. The Morgan fingerprint density at radius 1 is 0.950 bits per heavy atom. The van der Waals surface area contributed by atoms with Crippen molar-refractivity contribution in [2.45, 2.75) is 12.6 Å². The third-order valence-corrected chi connectivity index (χ3v) is 7.33. The molecule has 9 nitrogen and oxygen atoms in total. The summed E-state index contributed by atoms with van der Waals surface area (Å²) < 4.78 is 21.8. The molecule has 0 fully saturated rings. The fraction of sp³-hybridized carbons (Fsp3) is 0.129. The Kier molecular flexibility index (Phi) is 5.45. The lowest BCUT2D eigenvalue weighted by Crippen LogP contribution is -2.30. The predicted molar refractivity (Wildman–Crippen MR) is 144 cm³/mol. The average molecular weight is 535 g/mol. The van der Waals surface area contributed by atoms with Crippen LogP contribution in [0.15, 0.2) is 88.1 Å². The van der Waals surface area contributed by atoms with Crippen LogP contribution in [0.5, 0.6) is 11.5 Å². The molecule has 5 aromatic rings. The fourth-order valence-electron chi connectivity index (χ4n) is 5.36. The zero-order valence-electron chi connectivity index (χ0n) is 21.3. The Balaban J connectivity index is 1.28. The van der Waals surface area contributed by atoms with Gasteiger partial charge in [0.1, 0.15) is 5.76 Å². The standard InChI is InChI=1S/C31H22N2O7/c1-37-31(36)18-8-6-17(7-9-18)23-12-13-25(40-23)30(35)33-15-21-27(32-22-5-3-2-4-20(22)29(21)34)28(33)19-10-11-24-26(14-19)39-16-38-24/h2-14,28H,15-16H2,1H3,(H,32,34). The zero-order chi connectivity index (χ0) is 27.4. The molecule has 0 spiro atoms. The Bertz CT molecular complexity index is 1870. The van der Waals surface area contributed by atoms with Gasteiger partial charge in [-0.25, -0.2) is 4.79 Å². The van der Waals surface area contributed by atoms with E-state index in [4.69, 9.17) is 18.6 Å². The number of methoxy groups -OCH3 is 1. The number of ether oxygens (including phenoxy) is 3. The first kappa shape index (κ1) is 23.8. The van der Waals surface area contributed by atoms with Crippen molar-refractivity contribution < 1.29 is 28.2 Å². The minimum absolute atomic E-state index is 0.108. The summed E-state index contributed by atoms with van der Waals surface area (Å²) in [7, 11) is 1.32. The van der Waals surface area contributed by atoms with E-state index in [2.05, 4.69) is 4.98 Å². The molecule has 9 heteroatoms. The molecule has 1 unspecified atom stereocenters. The van der Waals surface area contributed by atoms with Gasteiger partial charge in [0.2, 0.25) is 6.79 Å². The lowest BCUT2D eigenvalue weighted by molar-refractivity contribution is 0.0600. The van der Waals surface area contributed by atoms with Gasteiger partial charge in [-0.2, -0.15) is 0 Å². The van der Waals surface area contributed by atoms with Crippen LogP contribution in [0.2, 0.25) is 0 Å². The molecule has 7 rings (SSSR count). The van der Waals surface area contributed by atoms with E-state index in [1.807, 2.05) is 30.3 Å². The van der Waals surface area contributed by atoms with Gasteiger partial charge < -0.3 is 28.5 Å². The van der Waals surface area contributed by atoms with Crippen molar-refractivity contribution in [1.82, 2.24) is 9.88 Å². The van der Waals surface area contributed by atoms with Crippen molar-refractivity contribution in [1.29, 1.82) is 0 Å². The van der Waals surface area contributed by atoms with Crippen LogP contribution in [-0.2, 0) is 11.3 Å². The lowest BCUT2D eigenvalue weighted by Gasteiger charge is -2.25. The highest BCUT2D eigenvalue weighted by molar-refractivity contribution is 5.94. The number of hydrogen-bond donors (Lipinski definition) is 1. The molecule has 2 aliphatic rings. The molecule has 1 N–H and O–H groups in total. The van der Waals surface area contributed by atoms with E-state index in [9.17, 15) is 14.4 Å². The smallest absolute Gasteiger partial charge is 0.337 e. The maximum Gasteiger partial charge on any atom is 0.337 e. The highest BCUT2D eigenvalue weighted by atomic mass is 16.7. The van der Waals surface area contributed by atoms with Crippen LogP contribution in [0.1, 0.15) is 43.8 Å². The number of nitrogens with one attached hydrogen (secondary N) is 1. The average Bonchev–Trinajstić information content (AvgIpc) is 3.75. The number of aromatic amines is 1. The number of nitrogens with zero attached hydrogens (tertiary/aromatic N) is 1. The summed E-state index contributed by atoms with van der Waals surface area (Å²) in [6.45, 7) is 0.233. The summed E-state index contributed by atoms with van der Waals surface area (Å²) in [6, 6.07) is 22.3. The van der Waals surface area contributed by atoms with Gasteiger partial charge in [0.25, 0.3) is 5.91 Å². The molecule has 3 aromatic carbocycles. The second kappa shape index (κ2) is 9.16. The van der Waals surface area contributed by atoms with Gasteiger partial charge in [0, 0.05) is 22.0 Å². The van der Waals surface area contributed by atoms with Gasteiger partial charge in [-0.05, 0) is 54.1 Å². The van der Waals surface area contributed by atoms with Crippen molar-refractivity contribution >= 4 is 22.8 Å². The molecule has 0 saturated carbocycles. The number of fused-ring (bicyclic) bond motifs is 3. The molecule has 1 amide bonds. The normalized spacial score (nSPS) is 15.3. The number of H-pyrrole nitrogens is 1. The Hall–Kier alpha value is -5.31. The van der Waals surface area contributed by atoms with E-state index >= 15 is 0 Å². The first-order valence-corrected chi connectivity index (χ1v) is 12.6. The molecular formula is C31H22N2O7. The Morgan fingerprint density at radius 2 is 1.75 bits per heavy atom. The topological polar surface area (TPSA) is 111 Å². The number of para-hydroxylation sites is 1. The van der Waals surface area contributed by atoms with E-state index in [1.54, 1.807) is 53.4 Å². The van der Waals surface area contributed by atoms with Crippen LogP contribution in [0, 0.1) is 0 Å². The second-order valence-electron chi connectivity index (χ2n) is 9.57. The number of benzene rings is 3. The van der Waals surface area contributed by atoms with Crippen molar-refractivity contribution in [3.8, 4) is 22.8 Å². The number of aromatic nitrogens is 1. The molecule has 40 heavy (non-hydrogen) atoms. The molecule has 0 radical (unpaired) electrons. The second-order valence-corrected chi connectivity index (χ2v) is 9.57. The molecule has 198 valence electrons. The largest absolute Gasteiger partial charge is 0.465 e. The van der Waals surface area contributed by atoms with Gasteiger partial charge in [-0.15, -0.1) is 0 Å². The summed E-state index contributed by atoms with van der Waals surface area (Å²) in [5.74, 6) is 0.999. The minimum Gasteiger partial charge on any atom is -0.465 e. The SMILES string of the molecule is COC(=O)c1ccc(-c2ccc(C(=O)N3Cc4c([nH]c5ccccc5c4=O)C3c3ccc4c(c3)OCO4)o2)cc1. The molecule has 0 bridgehead atoms.